The van der Waals surface area contributed by atoms with Crippen molar-refractivity contribution in [3.63, 3.8) is 0 Å². The summed E-state index contributed by atoms with van der Waals surface area (Å²) < 4.78 is 1.98. The molecule has 0 radical (unpaired) electrons. The van der Waals surface area contributed by atoms with E-state index in [1.54, 1.807) is 24.2 Å². The van der Waals surface area contributed by atoms with Crippen LogP contribution in [0.25, 0.3) is 11.4 Å². The fourth-order valence-corrected chi connectivity index (χ4v) is 2.39. The first kappa shape index (κ1) is 11.5. The minimum absolute atomic E-state index is 0.499. The van der Waals surface area contributed by atoms with Gasteiger partial charge in [0.2, 0.25) is 0 Å². The number of aryl methyl sites for hydroxylation is 1. The highest BCUT2D eigenvalue weighted by Gasteiger charge is 2.10. The third-order valence-corrected chi connectivity index (χ3v) is 3.33. The number of imidazole rings is 1. The number of aromatic nitrogens is 3. The largest absolute Gasteiger partial charge is 0.334 e. The van der Waals surface area contributed by atoms with Crippen LogP contribution in [0.2, 0.25) is 5.15 Å². The number of rotatable bonds is 3. The van der Waals surface area contributed by atoms with Crippen LogP contribution in [0.15, 0.2) is 29.6 Å². The average molecular weight is 254 g/mol. The Morgan fingerprint density at radius 3 is 2.88 bits per heavy atom. The predicted molar refractivity (Wildman–Crippen MR) is 67.8 cm³/mol. The van der Waals surface area contributed by atoms with Gasteiger partial charge in [0, 0.05) is 36.1 Å². The molecule has 3 nitrogen and oxygen atoms in total. The molecule has 0 bridgehead atoms. The lowest BCUT2D eigenvalue weighted by Crippen LogP contribution is -1.94. The minimum Gasteiger partial charge on any atom is -0.334 e. The second-order valence-corrected chi connectivity index (χ2v) is 4.99. The summed E-state index contributed by atoms with van der Waals surface area (Å²) in [5.74, 6) is 1.92. The van der Waals surface area contributed by atoms with Gasteiger partial charge in [-0.2, -0.15) is 0 Å². The zero-order valence-corrected chi connectivity index (χ0v) is 10.7. The van der Waals surface area contributed by atoms with Crippen LogP contribution in [0.1, 0.15) is 6.92 Å². The van der Waals surface area contributed by atoms with Crippen LogP contribution in [0.3, 0.4) is 0 Å². The molecule has 0 N–H and O–H groups in total. The lowest BCUT2D eigenvalue weighted by Gasteiger charge is -2.08. The maximum absolute atomic E-state index is 5.93. The molecule has 0 fully saturated rings. The Morgan fingerprint density at radius 2 is 2.25 bits per heavy atom. The first-order chi connectivity index (χ1) is 7.72. The van der Waals surface area contributed by atoms with Crippen LogP contribution in [0.5, 0.6) is 0 Å². The summed E-state index contributed by atoms with van der Waals surface area (Å²) in [5, 5.41) is 0.499. The third-order valence-electron chi connectivity index (χ3n) is 2.20. The van der Waals surface area contributed by atoms with Gasteiger partial charge in [-0.25, -0.2) is 9.97 Å². The van der Waals surface area contributed by atoms with Gasteiger partial charge in [0.15, 0.2) is 0 Å². The Bertz CT molecular complexity index is 496. The molecule has 0 spiro atoms. The SMILES string of the molecule is CCSc1cnc(Cl)cc1-c1nccn1C. The van der Waals surface area contributed by atoms with Crippen molar-refractivity contribution in [3.05, 3.63) is 29.8 Å². The van der Waals surface area contributed by atoms with Crippen molar-refractivity contribution in [2.24, 2.45) is 7.05 Å². The monoisotopic (exact) mass is 253 g/mol. The normalized spacial score (nSPS) is 10.7. The van der Waals surface area contributed by atoms with Gasteiger partial charge in [0.05, 0.1) is 0 Å². The molecule has 2 heterocycles. The fourth-order valence-electron chi connectivity index (χ4n) is 1.49. The van der Waals surface area contributed by atoms with Gasteiger partial charge in [-0.3, -0.25) is 0 Å². The van der Waals surface area contributed by atoms with Crippen LogP contribution in [0.4, 0.5) is 0 Å². The Hall–Kier alpha value is -1.00. The van der Waals surface area contributed by atoms with E-state index in [0.29, 0.717) is 5.15 Å². The van der Waals surface area contributed by atoms with Crippen molar-refractivity contribution < 1.29 is 0 Å². The van der Waals surface area contributed by atoms with Crippen LogP contribution < -0.4 is 0 Å². The predicted octanol–water partition coefficient (Wildman–Crippen LogP) is 3.25. The Kier molecular flexibility index (Phi) is 3.51. The quantitative estimate of drug-likeness (QED) is 0.622. The van der Waals surface area contributed by atoms with Gasteiger partial charge in [-0.1, -0.05) is 18.5 Å². The van der Waals surface area contributed by atoms with E-state index < -0.39 is 0 Å². The third kappa shape index (κ3) is 2.23. The molecule has 2 aromatic heterocycles. The number of nitrogens with zero attached hydrogens (tertiary/aromatic N) is 3. The van der Waals surface area contributed by atoms with Crippen LogP contribution in [-0.4, -0.2) is 20.3 Å². The number of hydrogen-bond acceptors (Lipinski definition) is 3. The van der Waals surface area contributed by atoms with Gasteiger partial charge in [-0.05, 0) is 11.8 Å². The summed E-state index contributed by atoms with van der Waals surface area (Å²) in [6, 6.07) is 1.86. The van der Waals surface area contributed by atoms with Crippen molar-refractivity contribution >= 4 is 23.4 Å². The van der Waals surface area contributed by atoms with Crippen LogP contribution in [0, 0.1) is 0 Å². The van der Waals surface area contributed by atoms with E-state index in [1.165, 1.54) is 0 Å². The molecule has 0 aliphatic carbocycles. The van der Waals surface area contributed by atoms with Crippen molar-refractivity contribution in [1.29, 1.82) is 0 Å². The number of halogens is 1. The Labute approximate surface area is 104 Å². The van der Waals surface area contributed by atoms with Crippen molar-refractivity contribution in [1.82, 2.24) is 14.5 Å². The second-order valence-electron chi connectivity index (χ2n) is 3.30. The maximum atomic E-state index is 5.93. The standard InChI is InChI=1S/C11H12ClN3S/c1-3-16-9-7-14-10(12)6-8(9)11-13-4-5-15(11)2/h4-7H,3H2,1-2H3. The van der Waals surface area contributed by atoms with Gasteiger partial charge < -0.3 is 4.57 Å². The molecule has 0 aliphatic heterocycles. The van der Waals surface area contributed by atoms with Crippen molar-refractivity contribution in [3.8, 4) is 11.4 Å². The van der Waals surface area contributed by atoms with E-state index in [2.05, 4.69) is 16.9 Å². The molecule has 0 saturated heterocycles. The van der Waals surface area contributed by atoms with E-state index in [9.17, 15) is 0 Å². The Morgan fingerprint density at radius 1 is 1.44 bits per heavy atom. The molecule has 5 heteroatoms. The van der Waals surface area contributed by atoms with E-state index in [1.807, 2.05) is 23.9 Å². The molecule has 0 amide bonds. The van der Waals surface area contributed by atoms with E-state index in [-0.39, 0.29) is 0 Å². The van der Waals surface area contributed by atoms with Gasteiger partial charge in [0.25, 0.3) is 0 Å². The molecular weight excluding hydrogens is 242 g/mol. The van der Waals surface area contributed by atoms with E-state index in [0.717, 1.165) is 22.0 Å². The minimum atomic E-state index is 0.499. The van der Waals surface area contributed by atoms with Gasteiger partial charge >= 0.3 is 0 Å². The zero-order valence-electron chi connectivity index (χ0n) is 9.14. The number of pyridine rings is 1. The second kappa shape index (κ2) is 4.89. The van der Waals surface area contributed by atoms with Crippen molar-refractivity contribution in [2.75, 3.05) is 5.75 Å². The first-order valence-corrected chi connectivity index (χ1v) is 6.34. The number of hydrogen-bond donors (Lipinski definition) is 0. The first-order valence-electron chi connectivity index (χ1n) is 4.98. The van der Waals surface area contributed by atoms with Crippen LogP contribution >= 0.6 is 23.4 Å². The molecule has 2 aromatic rings. The molecule has 0 saturated carbocycles. The van der Waals surface area contributed by atoms with E-state index in [4.69, 9.17) is 11.6 Å². The highest BCUT2D eigenvalue weighted by molar-refractivity contribution is 7.99. The van der Waals surface area contributed by atoms with Gasteiger partial charge in [-0.15, -0.1) is 11.8 Å². The summed E-state index contributed by atoms with van der Waals surface area (Å²) in [7, 11) is 1.97. The molecule has 0 aliphatic rings. The topological polar surface area (TPSA) is 30.7 Å². The fraction of sp³-hybridized carbons (Fsp3) is 0.273. The van der Waals surface area contributed by atoms with Crippen molar-refractivity contribution in [2.45, 2.75) is 11.8 Å². The zero-order chi connectivity index (χ0) is 11.5. The van der Waals surface area contributed by atoms with Crippen LogP contribution in [-0.2, 0) is 7.05 Å². The molecule has 2 rings (SSSR count). The molecular formula is C11H12ClN3S. The van der Waals surface area contributed by atoms with Gasteiger partial charge in [0.1, 0.15) is 11.0 Å². The summed E-state index contributed by atoms with van der Waals surface area (Å²) in [6.45, 7) is 2.11. The maximum Gasteiger partial charge on any atom is 0.140 e. The highest BCUT2D eigenvalue weighted by atomic mass is 35.5. The molecule has 0 unspecified atom stereocenters. The summed E-state index contributed by atoms with van der Waals surface area (Å²) in [6.07, 6.45) is 5.51. The Balaban J connectivity index is 2.53. The summed E-state index contributed by atoms with van der Waals surface area (Å²) in [5.41, 5.74) is 1.04. The summed E-state index contributed by atoms with van der Waals surface area (Å²) >= 11 is 7.67. The highest BCUT2D eigenvalue weighted by Crippen LogP contribution is 2.31. The molecule has 0 atom stereocenters. The van der Waals surface area contributed by atoms with E-state index >= 15 is 0 Å². The summed E-state index contributed by atoms with van der Waals surface area (Å²) in [4.78, 5) is 9.55. The number of thioether (sulfide) groups is 1. The lowest BCUT2D eigenvalue weighted by molar-refractivity contribution is 0.920. The average Bonchev–Trinajstić information content (AvgIpc) is 2.67. The smallest absolute Gasteiger partial charge is 0.140 e. The molecule has 16 heavy (non-hydrogen) atoms. The molecule has 0 aromatic carbocycles. The lowest BCUT2D eigenvalue weighted by atomic mass is 10.2. The molecule has 84 valence electrons.